The van der Waals surface area contributed by atoms with Crippen LogP contribution in [0.1, 0.15) is 30.9 Å². The Kier molecular flexibility index (Phi) is 4.07. The summed E-state index contributed by atoms with van der Waals surface area (Å²) >= 11 is 0. The third kappa shape index (κ3) is 2.31. The molecule has 0 aliphatic carbocycles. The highest BCUT2D eigenvalue weighted by molar-refractivity contribution is 6.04. The normalized spacial score (nSPS) is 16.1. The molecule has 1 aliphatic rings. The minimum atomic E-state index is -1.15. The van der Waals surface area contributed by atoms with Gasteiger partial charge in [0.25, 0.3) is 5.91 Å². The maximum absolute atomic E-state index is 5.99. The summed E-state index contributed by atoms with van der Waals surface area (Å²) in [6, 6.07) is 5.66. The predicted molar refractivity (Wildman–Crippen MR) is 73.3 cm³/mol. The van der Waals surface area contributed by atoms with Crippen LogP contribution in [-0.4, -0.2) is 26.7 Å². The second-order valence-corrected chi connectivity index (χ2v) is 4.37. The van der Waals surface area contributed by atoms with Crippen molar-refractivity contribution in [3.8, 4) is 5.75 Å². The number of hydrogen-bond acceptors (Lipinski definition) is 5. The first-order valence-electron chi connectivity index (χ1n) is 6.40. The molecule has 0 fully saturated rings. The number of nitrogens with two attached hydrogens (primary N) is 1. The summed E-state index contributed by atoms with van der Waals surface area (Å²) in [6.45, 7) is 2.78. The van der Waals surface area contributed by atoms with E-state index in [0.29, 0.717) is 12.4 Å². The summed E-state index contributed by atoms with van der Waals surface area (Å²) in [6.07, 6.45) is 2.08. The number of unbranched alkanes of at least 4 members (excludes halogenated alkanes) is 1. The van der Waals surface area contributed by atoms with E-state index in [0.717, 1.165) is 29.7 Å². The van der Waals surface area contributed by atoms with Crippen LogP contribution in [-0.2, 0) is 15.4 Å². The highest BCUT2D eigenvalue weighted by Crippen LogP contribution is 2.39. The topological polar surface area (TPSA) is 66.1 Å². The van der Waals surface area contributed by atoms with Crippen molar-refractivity contribution >= 4 is 5.84 Å². The molecule has 0 atom stereocenters. The first kappa shape index (κ1) is 13.8. The third-order valence-electron chi connectivity index (χ3n) is 3.20. The van der Waals surface area contributed by atoms with Crippen molar-refractivity contribution in [1.82, 2.24) is 0 Å². The van der Waals surface area contributed by atoms with Crippen molar-refractivity contribution in [3.63, 3.8) is 0 Å². The van der Waals surface area contributed by atoms with Crippen molar-refractivity contribution in [2.24, 2.45) is 10.7 Å². The van der Waals surface area contributed by atoms with Gasteiger partial charge in [-0.05, 0) is 12.5 Å². The Balaban J connectivity index is 2.38. The molecular formula is C14H20N2O3. The Hall–Kier alpha value is -1.59. The van der Waals surface area contributed by atoms with Gasteiger partial charge in [-0.3, -0.25) is 0 Å². The van der Waals surface area contributed by atoms with E-state index in [9.17, 15) is 0 Å². The second-order valence-electron chi connectivity index (χ2n) is 4.37. The minimum Gasteiger partial charge on any atom is -0.493 e. The van der Waals surface area contributed by atoms with Gasteiger partial charge in [-0.2, -0.15) is 0 Å². The number of hydrogen-bond donors (Lipinski definition) is 1. The number of aliphatic imine (C=N–C) groups is 1. The number of fused-ring (bicyclic) bond motifs is 1. The summed E-state index contributed by atoms with van der Waals surface area (Å²) in [5, 5.41) is 0. The Morgan fingerprint density at radius 3 is 2.63 bits per heavy atom. The zero-order chi connectivity index (χ0) is 13.9. The fourth-order valence-corrected chi connectivity index (χ4v) is 2.17. The Morgan fingerprint density at radius 2 is 2.00 bits per heavy atom. The van der Waals surface area contributed by atoms with Gasteiger partial charge in [-0.1, -0.05) is 25.5 Å². The summed E-state index contributed by atoms with van der Waals surface area (Å²) in [4.78, 5) is 4.28. The Bertz CT molecular complexity index is 482. The van der Waals surface area contributed by atoms with Crippen LogP contribution in [0.15, 0.2) is 23.2 Å². The number of amidine groups is 1. The molecule has 0 unspecified atom stereocenters. The Labute approximate surface area is 113 Å². The molecule has 1 aromatic carbocycles. The van der Waals surface area contributed by atoms with Crippen LogP contribution >= 0.6 is 0 Å². The van der Waals surface area contributed by atoms with Crippen molar-refractivity contribution in [1.29, 1.82) is 0 Å². The fourth-order valence-electron chi connectivity index (χ4n) is 2.17. The van der Waals surface area contributed by atoms with Crippen LogP contribution in [0.4, 0.5) is 0 Å². The molecule has 5 heteroatoms. The molecule has 0 amide bonds. The Morgan fingerprint density at radius 1 is 1.26 bits per heavy atom. The van der Waals surface area contributed by atoms with E-state index >= 15 is 0 Å². The molecular weight excluding hydrogens is 244 g/mol. The van der Waals surface area contributed by atoms with Gasteiger partial charge in [0.15, 0.2) is 0 Å². The van der Waals surface area contributed by atoms with Crippen LogP contribution in [0.25, 0.3) is 0 Å². The highest BCUT2D eigenvalue weighted by Gasteiger charge is 2.41. The molecule has 0 spiro atoms. The van der Waals surface area contributed by atoms with Crippen molar-refractivity contribution in [3.05, 3.63) is 29.3 Å². The zero-order valence-electron chi connectivity index (χ0n) is 11.6. The number of nitrogens with zero attached hydrogens (tertiary/aromatic N) is 1. The number of benzene rings is 1. The molecule has 1 heterocycles. The lowest BCUT2D eigenvalue weighted by atomic mass is 10.1. The molecule has 5 nitrogen and oxygen atoms in total. The summed E-state index contributed by atoms with van der Waals surface area (Å²) in [5.74, 6) is -0.0437. The van der Waals surface area contributed by atoms with Gasteiger partial charge in [0.1, 0.15) is 11.6 Å². The molecule has 0 radical (unpaired) electrons. The molecule has 19 heavy (non-hydrogen) atoms. The van der Waals surface area contributed by atoms with E-state index in [1.165, 1.54) is 0 Å². The molecule has 0 bridgehead atoms. The maximum atomic E-state index is 5.99. The fraction of sp³-hybridized carbons (Fsp3) is 0.500. The number of rotatable bonds is 6. The van der Waals surface area contributed by atoms with Crippen LogP contribution in [0.2, 0.25) is 0 Å². The van der Waals surface area contributed by atoms with E-state index in [-0.39, 0.29) is 0 Å². The minimum absolute atomic E-state index is 0.380. The lowest BCUT2D eigenvalue weighted by molar-refractivity contribution is -0.206. The SMILES string of the molecule is CCCCOc1cccc2c1C(N)=NC2(OC)OC. The lowest BCUT2D eigenvalue weighted by Gasteiger charge is -2.23. The second kappa shape index (κ2) is 5.59. The molecule has 1 aliphatic heterocycles. The highest BCUT2D eigenvalue weighted by atomic mass is 16.7. The molecule has 104 valence electrons. The van der Waals surface area contributed by atoms with Gasteiger partial charge in [-0.15, -0.1) is 0 Å². The van der Waals surface area contributed by atoms with Crippen LogP contribution in [0.3, 0.4) is 0 Å². The van der Waals surface area contributed by atoms with Gasteiger partial charge in [0, 0.05) is 14.2 Å². The molecule has 2 rings (SSSR count). The van der Waals surface area contributed by atoms with Crippen molar-refractivity contribution in [2.45, 2.75) is 25.7 Å². The van der Waals surface area contributed by atoms with Crippen LogP contribution in [0.5, 0.6) is 5.75 Å². The third-order valence-corrected chi connectivity index (χ3v) is 3.20. The average molecular weight is 264 g/mol. The molecule has 0 aromatic heterocycles. The largest absolute Gasteiger partial charge is 0.493 e. The van der Waals surface area contributed by atoms with E-state index in [1.54, 1.807) is 14.2 Å². The van der Waals surface area contributed by atoms with Gasteiger partial charge >= 0.3 is 0 Å². The molecule has 0 saturated heterocycles. The molecule has 1 aromatic rings. The van der Waals surface area contributed by atoms with Crippen LogP contribution < -0.4 is 10.5 Å². The van der Waals surface area contributed by atoms with E-state index < -0.39 is 5.91 Å². The molecule has 2 N–H and O–H groups in total. The summed E-state index contributed by atoms with van der Waals surface area (Å²) in [7, 11) is 3.08. The van der Waals surface area contributed by atoms with Gasteiger partial charge in [-0.25, -0.2) is 4.99 Å². The number of ether oxygens (including phenoxy) is 3. The van der Waals surface area contributed by atoms with E-state index in [4.69, 9.17) is 19.9 Å². The number of methoxy groups -OCH3 is 2. The van der Waals surface area contributed by atoms with Gasteiger partial charge in [0.05, 0.1) is 17.7 Å². The predicted octanol–water partition coefficient (Wildman–Crippen LogP) is 1.99. The van der Waals surface area contributed by atoms with Crippen molar-refractivity contribution in [2.75, 3.05) is 20.8 Å². The van der Waals surface area contributed by atoms with E-state index in [1.807, 2.05) is 18.2 Å². The van der Waals surface area contributed by atoms with Crippen molar-refractivity contribution < 1.29 is 14.2 Å². The zero-order valence-corrected chi connectivity index (χ0v) is 11.6. The maximum Gasteiger partial charge on any atom is 0.300 e. The molecule has 0 saturated carbocycles. The first-order valence-corrected chi connectivity index (χ1v) is 6.40. The lowest BCUT2D eigenvalue weighted by Crippen LogP contribution is -2.26. The van der Waals surface area contributed by atoms with E-state index in [2.05, 4.69) is 11.9 Å². The van der Waals surface area contributed by atoms with Gasteiger partial charge in [0.2, 0.25) is 0 Å². The summed E-state index contributed by atoms with van der Waals surface area (Å²) < 4.78 is 16.5. The monoisotopic (exact) mass is 264 g/mol. The standard InChI is InChI=1S/C14H20N2O3/c1-4-5-9-19-11-8-6-7-10-12(11)13(15)16-14(10,17-2)18-3/h6-8H,4-5,9H2,1-3H3,(H2,15,16). The summed E-state index contributed by atoms with van der Waals surface area (Å²) in [5.41, 5.74) is 7.54. The first-order chi connectivity index (χ1) is 9.18. The van der Waals surface area contributed by atoms with Crippen LogP contribution in [0, 0.1) is 0 Å². The van der Waals surface area contributed by atoms with Gasteiger partial charge < -0.3 is 19.9 Å². The quantitative estimate of drug-likeness (QED) is 0.630. The average Bonchev–Trinajstić information content (AvgIpc) is 2.73. The smallest absolute Gasteiger partial charge is 0.300 e.